The Labute approximate surface area is 138 Å². The van der Waals surface area contributed by atoms with Crippen molar-refractivity contribution in [2.24, 2.45) is 4.99 Å². The number of aliphatic imine (C=N–C) groups is 1. The van der Waals surface area contributed by atoms with Gasteiger partial charge in [-0.3, -0.25) is 15.0 Å². The van der Waals surface area contributed by atoms with Crippen molar-refractivity contribution < 1.29 is 9.59 Å². The number of amides is 1. The van der Waals surface area contributed by atoms with Crippen LogP contribution in [0.25, 0.3) is 0 Å². The smallest absolute Gasteiger partial charge is 0.275 e. The summed E-state index contributed by atoms with van der Waals surface area (Å²) in [7, 11) is 0. The largest absolute Gasteiger partial charge is 0.291 e. The fraction of sp³-hybridized carbons (Fsp3) is 0.118. The number of rotatable bonds is 3. The van der Waals surface area contributed by atoms with Crippen LogP contribution >= 0.6 is 11.6 Å². The Morgan fingerprint density at radius 1 is 1.13 bits per heavy atom. The van der Waals surface area contributed by atoms with Gasteiger partial charge < -0.3 is 0 Å². The normalized spacial score (nSPS) is 17.5. The number of nitrogens with zero attached hydrogens (tertiary/aromatic N) is 2. The van der Waals surface area contributed by atoms with Crippen LogP contribution < -0.4 is 10.4 Å². The molecule has 0 spiro atoms. The van der Waals surface area contributed by atoms with Gasteiger partial charge in [-0.05, 0) is 29.8 Å². The van der Waals surface area contributed by atoms with E-state index in [4.69, 9.17) is 11.6 Å². The molecule has 3 rings (SSSR count). The molecule has 5 nitrogen and oxygen atoms in total. The van der Waals surface area contributed by atoms with E-state index in [1.165, 1.54) is 11.9 Å². The lowest BCUT2D eigenvalue weighted by Gasteiger charge is -2.31. The molecule has 0 bridgehead atoms. The number of halogens is 1. The third kappa shape index (κ3) is 3.10. The maximum absolute atomic E-state index is 12.8. The topological polar surface area (TPSA) is 61.8 Å². The van der Waals surface area contributed by atoms with E-state index in [9.17, 15) is 9.59 Å². The fourth-order valence-electron chi connectivity index (χ4n) is 2.30. The number of ketones is 1. The van der Waals surface area contributed by atoms with Gasteiger partial charge in [-0.1, -0.05) is 41.9 Å². The van der Waals surface area contributed by atoms with Gasteiger partial charge in [-0.25, -0.2) is 10.0 Å². The molecule has 1 aliphatic heterocycles. The van der Waals surface area contributed by atoms with Gasteiger partial charge in [0.2, 0.25) is 0 Å². The van der Waals surface area contributed by atoms with Crippen LogP contribution in [0.15, 0.2) is 59.6 Å². The fourth-order valence-corrected chi connectivity index (χ4v) is 2.43. The zero-order chi connectivity index (χ0) is 16.4. The summed E-state index contributed by atoms with van der Waals surface area (Å²) in [6.45, 7) is 1.41. The van der Waals surface area contributed by atoms with Crippen LogP contribution in [-0.4, -0.2) is 17.5 Å². The molecule has 2 aromatic carbocycles. The number of nitrogens with one attached hydrogen (secondary N) is 1. The summed E-state index contributed by atoms with van der Waals surface area (Å²) in [6.07, 6.45) is 0. The van der Waals surface area contributed by atoms with Crippen molar-refractivity contribution in [2.75, 3.05) is 5.01 Å². The summed E-state index contributed by atoms with van der Waals surface area (Å²) in [5.41, 5.74) is 4.10. The Bertz CT molecular complexity index is 772. The number of anilines is 1. The first-order chi connectivity index (χ1) is 11.1. The Morgan fingerprint density at radius 2 is 1.78 bits per heavy atom. The van der Waals surface area contributed by atoms with Crippen molar-refractivity contribution in [3.8, 4) is 0 Å². The SMILES string of the molecule is CC(=O)C1=NC(c2ccccc2)C(=O)N(c2ccc(Cl)cc2)N1. The molecule has 0 aliphatic carbocycles. The molecule has 6 heteroatoms. The van der Waals surface area contributed by atoms with E-state index in [2.05, 4.69) is 10.4 Å². The van der Waals surface area contributed by atoms with Crippen molar-refractivity contribution in [3.05, 3.63) is 65.2 Å². The average molecular weight is 328 g/mol. The summed E-state index contributed by atoms with van der Waals surface area (Å²) in [6, 6.07) is 15.2. The number of carbonyl (C=O) groups is 2. The molecule has 116 valence electrons. The zero-order valence-corrected chi connectivity index (χ0v) is 13.1. The van der Waals surface area contributed by atoms with Crippen molar-refractivity contribution in [1.82, 2.24) is 5.43 Å². The molecule has 1 N–H and O–H groups in total. The number of hydrogen-bond donors (Lipinski definition) is 1. The average Bonchev–Trinajstić information content (AvgIpc) is 2.56. The monoisotopic (exact) mass is 327 g/mol. The Morgan fingerprint density at radius 3 is 2.39 bits per heavy atom. The molecule has 0 radical (unpaired) electrons. The van der Waals surface area contributed by atoms with Crippen LogP contribution in [0.4, 0.5) is 5.69 Å². The second-order valence-electron chi connectivity index (χ2n) is 5.11. The minimum absolute atomic E-state index is 0.147. The van der Waals surface area contributed by atoms with E-state index in [1.807, 2.05) is 30.3 Å². The zero-order valence-electron chi connectivity index (χ0n) is 12.4. The maximum atomic E-state index is 12.8. The minimum atomic E-state index is -0.757. The van der Waals surface area contributed by atoms with E-state index in [-0.39, 0.29) is 17.5 Å². The highest BCUT2D eigenvalue weighted by Gasteiger charge is 2.33. The molecule has 1 aliphatic rings. The van der Waals surface area contributed by atoms with E-state index in [0.717, 1.165) is 5.56 Å². The van der Waals surface area contributed by atoms with E-state index >= 15 is 0 Å². The lowest BCUT2D eigenvalue weighted by Crippen LogP contribution is -2.54. The highest BCUT2D eigenvalue weighted by Crippen LogP contribution is 2.26. The molecule has 2 aromatic rings. The number of hydrogen-bond acceptors (Lipinski definition) is 4. The molecule has 23 heavy (non-hydrogen) atoms. The third-order valence-electron chi connectivity index (χ3n) is 3.46. The number of benzene rings is 2. The number of carbonyl (C=O) groups excluding carboxylic acids is 2. The highest BCUT2D eigenvalue weighted by atomic mass is 35.5. The molecule has 1 heterocycles. The van der Waals surface area contributed by atoms with E-state index < -0.39 is 6.04 Å². The van der Waals surface area contributed by atoms with Gasteiger partial charge in [0, 0.05) is 11.9 Å². The van der Waals surface area contributed by atoms with Gasteiger partial charge in [0.05, 0.1) is 5.69 Å². The Kier molecular flexibility index (Phi) is 4.12. The van der Waals surface area contributed by atoms with Gasteiger partial charge in [0.15, 0.2) is 17.7 Å². The van der Waals surface area contributed by atoms with Crippen LogP contribution in [0.1, 0.15) is 18.5 Å². The standard InChI is InChI=1S/C17H14ClN3O2/c1-11(22)16-19-15(12-5-3-2-4-6-12)17(23)21(20-16)14-9-7-13(18)8-10-14/h2-10,15H,1H3,(H,19,20). The molecule has 1 amide bonds. The molecule has 0 saturated carbocycles. The first-order valence-electron chi connectivity index (χ1n) is 7.06. The summed E-state index contributed by atoms with van der Waals surface area (Å²) in [5.74, 6) is -0.352. The van der Waals surface area contributed by atoms with E-state index in [0.29, 0.717) is 10.7 Å². The molecular weight excluding hydrogens is 314 g/mol. The quantitative estimate of drug-likeness (QED) is 0.942. The maximum Gasteiger partial charge on any atom is 0.275 e. The van der Waals surface area contributed by atoms with Crippen LogP contribution in [0.5, 0.6) is 0 Å². The molecular formula is C17H14ClN3O2. The lowest BCUT2D eigenvalue weighted by molar-refractivity contribution is -0.120. The lowest BCUT2D eigenvalue weighted by atomic mass is 10.1. The van der Waals surface area contributed by atoms with Gasteiger partial charge in [0.1, 0.15) is 0 Å². The predicted molar refractivity (Wildman–Crippen MR) is 89.4 cm³/mol. The number of amidine groups is 1. The second-order valence-corrected chi connectivity index (χ2v) is 5.55. The Hall–Kier alpha value is -2.66. The third-order valence-corrected chi connectivity index (χ3v) is 3.72. The molecule has 0 aromatic heterocycles. The highest BCUT2D eigenvalue weighted by molar-refractivity contribution is 6.39. The van der Waals surface area contributed by atoms with Gasteiger partial charge in [0.25, 0.3) is 5.91 Å². The predicted octanol–water partition coefficient (Wildman–Crippen LogP) is 2.92. The number of hydrazine groups is 1. The summed E-state index contributed by atoms with van der Waals surface area (Å²) >= 11 is 5.89. The summed E-state index contributed by atoms with van der Waals surface area (Å²) < 4.78 is 0. The van der Waals surface area contributed by atoms with Gasteiger partial charge in [-0.2, -0.15) is 0 Å². The van der Waals surface area contributed by atoms with Crippen LogP contribution in [0.2, 0.25) is 5.02 Å². The first-order valence-corrected chi connectivity index (χ1v) is 7.44. The number of Topliss-reactive ketones (excluding diaryl/α,β-unsaturated/α-hetero) is 1. The molecule has 1 atom stereocenters. The molecule has 0 saturated heterocycles. The van der Waals surface area contributed by atoms with Crippen molar-refractivity contribution in [1.29, 1.82) is 0 Å². The molecule has 1 unspecified atom stereocenters. The van der Waals surface area contributed by atoms with Crippen LogP contribution in [0.3, 0.4) is 0 Å². The van der Waals surface area contributed by atoms with Crippen LogP contribution in [0, 0.1) is 0 Å². The summed E-state index contributed by atoms with van der Waals surface area (Å²) in [4.78, 5) is 28.8. The van der Waals surface area contributed by atoms with E-state index in [1.54, 1.807) is 24.3 Å². The van der Waals surface area contributed by atoms with Crippen molar-refractivity contribution in [2.45, 2.75) is 13.0 Å². The Balaban J connectivity index is 2.03. The minimum Gasteiger partial charge on any atom is -0.291 e. The first kappa shape index (κ1) is 15.2. The van der Waals surface area contributed by atoms with Crippen molar-refractivity contribution in [3.63, 3.8) is 0 Å². The molecule has 0 fully saturated rings. The van der Waals surface area contributed by atoms with Gasteiger partial charge in [-0.15, -0.1) is 0 Å². The van der Waals surface area contributed by atoms with Gasteiger partial charge >= 0.3 is 0 Å². The summed E-state index contributed by atoms with van der Waals surface area (Å²) in [5, 5.41) is 1.90. The van der Waals surface area contributed by atoms with Crippen LogP contribution in [-0.2, 0) is 9.59 Å². The second kappa shape index (κ2) is 6.22. The van der Waals surface area contributed by atoms with Crippen molar-refractivity contribution >= 4 is 34.8 Å².